The Hall–Kier alpha value is -1.11. The molecule has 0 aromatic carbocycles. The third-order valence-corrected chi connectivity index (χ3v) is 5.58. The number of nitrogens with zero attached hydrogens (tertiary/aromatic N) is 1. The van der Waals surface area contributed by atoms with Crippen LogP contribution in [0.4, 0.5) is 0 Å². The number of piperazine rings is 1. The van der Waals surface area contributed by atoms with E-state index in [0.717, 1.165) is 0 Å². The zero-order valence-corrected chi connectivity index (χ0v) is 12.3. The smallest absolute Gasteiger partial charge is 0.248 e. The molecule has 2 rings (SSSR count). The van der Waals surface area contributed by atoms with Crippen LogP contribution in [0.2, 0.25) is 0 Å². The number of rotatable bonds is 2. The summed E-state index contributed by atoms with van der Waals surface area (Å²) >= 11 is 0. The van der Waals surface area contributed by atoms with Crippen LogP contribution in [-0.4, -0.2) is 54.3 Å². The predicted octanol–water partition coefficient (Wildman–Crippen LogP) is -0.311. The van der Waals surface area contributed by atoms with Crippen LogP contribution in [0.1, 0.15) is 33.6 Å². The van der Waals surface area contributed by atoms with E-state index in [9.17, 15) is 18.0 Å². The van der Waals surface area contributed by atoms with Gasteiger partial charge in [-0.2, -0.15) is 0 Å². The van der Waals surface area contributed by atoms with E-state index in [1.54, 1.807) is 13.8 Å². The largest absolute Gasteiger partial charge is 0.340 e. The minimum Gasteiger partial charge on any atom is -0.340 e. The van der Waals surface area contributed by atoms with E-state index in [0.29, 0.717) is 12.8 Å². The summed E-state index contributed by atoms with van der Waals surface area (Å²) in [5.74, 6) is -0.323. The van der Waals surface area contributed by atoms with Gasteiger partial charge in [-0.05, 0) is 26.7 Å². The number of carbonyl (C=O) groups excluding carboxylic acids is 2. The fraction of sp³-hybridized carbons (Fsp3) is 0.833. The molecular weight excluding hydrogens is 268 g/mol. The first-order chi connectivity index (χ1) is 8.68. The van der Waals surface area contributed by atoms with Crippen molar-refractivity contribution >= 4 is 21.7 Å². The molecule has 2 amide bonds. The molecule has 0 aromatic heterocycles. The van der Waals surface area contributed by atoms with Crippen molar-refractivity contribution in [2.24, 2.45) is 0 Å². The lowest BCUT2D eigenvalue weighted by Gasteiger charge is -2.45. The number of amides is 2. The highest BCUT2D eigenvalue weighted by molar-refractivity contribution is 7.91. The number of sulfone groups is 1. The van der Waals surface area contributed by atoms with E-state index < -0.39 is 21.4 Å². The van der Waals surface area contributed by atoms with Gasteiger partial charge >= 0.3 is 0 Å². The topological polar surface area (TPSA) is 83.6 Å². The highest BCUT2D eigenvalue weighted by Gasteiger charge is 2.49. The van der Waals surface area contributed by atoms with Crippen LogP contribution in [0, 0.1) is 0 Å². The molecule has 108 valence electrons. The van der Waals surface area contributed by atoms with Gasteiger partial charge in [0.1, 0.15) is 11.6 Å². The Labute approximate surface area is 113 Å². The molecule has 1 N–H and O–H groups in total. The third kappa shape index (κ3) is 2.48. The molecule has 0 bridgehead atoms. The molecule has 2 aliphatic rings. The minimum absolute atomic E-state index is 0.0292. The van der Waals surface area contributed by atoms with Gasteiger partial charge in [0.15, 0.2) is 9.84 Å². The van der Waals surface area contributed by atoms with Crippen molar-refractivity contribution in [3.8, 4) is 0 Å². The Bertz CT molecular complexity index is 512. The van der Waals surface area contributed by atoms with Gasteiger partial charge in [-0.15, -0.1) is 0 Å². The number of hydrogen-bond donors (Lipinski definition) is 1. The van der Waals surface area contributed by atoms with Crippen LogP contribution in [0.25, 0.3) is 0 Å². The van der Waals surface area contributed by atoms with E-state index in [-0.39, 0.29) is 29.4 Å². The van der Waals surface area contributed by atoms with E-state index in [1.165, 1.54) is 4.90 Å². The van der Waals surface area contributed by atoms with Crippen molar-refractivity contribution in [1.29, 1.82) is 0 Å². The van der Waals surface area contributed by atoms with Crippen molar-refractivity contribution in [3.63, 3.8) is 0 Å². The number of hydrogen-bond acceptors (Lipinski definition) is 4. The van der Waals surface area contributed by atoms with Crippen LogP contribution < -0.4 is 5.32 Å². The Morgan fingerprint density at radius 2 is 2.00 bits per heavy atom. The van der Waals surface area contributed by atoms with Crippen LogP contribution in [0.5, 0.6) is 0 Å². The van der Waals surface area contributed by atoms with Gasteiger partial charge < -0.3 is 10.2 Å². The molecule has 0 saturated carbocycles. The molecule has 0 radical (unpaired) electrons. The highest BCUT2D eigenvalue weighted by atomic mass is 32.2. The lowest BCUT2D eigenvalue weighted by atomic mass is 9.93. The molecule has 2 unspecified atom stereocenters. The quantitative estimate of drug-likeness (QED) is 0.755. The summed E-state index contributed by atoms with van der Waals surface area (Å²) in [5.41, 5.74) is -0.963. The fourth-order valence-corrected chi connectivity index (χ4v) is 4.54. The van der Waals surface area contributed by atoms with Crippen LogP contribution in [-0.2, 0) is 19.4 Å². The molecule has 6 nitrogen and oxygen atoms in total. The van der Waals surface area contributed by atoms with Crippen molar-refractivity contribution < 1.29 is 18.0 Å². The molecule has 7 heteroatoms. The normalized spacial score (nSPS) is 33.3. The summed E-state index contributed by atoms with van der Waals surface area (Å²) in [6, 6.07) is -0.924. The summed E-state index contributed by atoms with van der Waals surface area (Å²) in [5, 5.41) is 2.70. The standard InChI is InChI=1S/C12H20N2O4S/c1-4-9-10(15)13-12(2,3)11(16)14(9)8-5-6-19(17,18)7-8/h8-9H,4-7H2,1-3H3,(H,13,15). The first-order valence-electron chi connectivity index (χ1n) is 6.53. The van der Waals surface area contributed by atoms with E-state index in [4.69, 9.17) is 0 Å². The van der Waals surface area contributed by atoms with E-state index in [2.05, 4.69) is 5.32 Å². The number of carbonyl (C=O) groups is 2. The molecule has 2 atom stereocenters. The van der Waals surface area contributed by atoms with Crippen LogP contribution >= 0.6 is 0 Å². The maximum absolute atomic E-state index is 12.5. The SMILES string of the molecule is CCC1C(=O)NC(C)(C)C(=O)N1C1CCS(=O)(=O)C1. The van der Waals surface area contributed by atoms with Gasteiger partial charge in [-0.1, -0.05) is 6.92 Å². The second-order valence-electron chi connectivity index (χ2n) is 5.81. The summed E-state index contributed by atoms with van der Waals surface area (Å²) in [6.45, 7) is 5.12. The molecule has 0 spiro atoms. The lowest BCUT2D eigenvalue weighted by molar-refractivity contribution is -0.156. The first kappa shape index (κ1) is 14.3. The Kier molecular flexibility index (Phi) is 3.36. The van der Waals surface area contributed by atoms with E-state index >= 15 is 0 Å². The second kappa shape index (κ2) is 4.47. The molecule has 2 saturated heterocycles. The Balaban J connectivity index is 2.33. The van der Waals surface area contributed by atoms with Crippen LogP contribution in [0.15, 0.2) is 0 Å². The maximum atomic E-state index is 12.5. The first-order valence-corrected chi connectivity index (χ1v) is 8.35. The summed E-state index contributed by atoms with van der Waals surface area (Å²) in [7, 11) is -3.08. The molecule has 0 aromatic rings. The van der Waals surface area contributed by atoms with Crippen molar-refractivity contribution in [2.75, 3.05) is 11.5 Å². The summed E-state index contributed by atoms with van der Waals surface area (Å²) in [4.78, 5) is 26.0. The van der Waals surface area contributed by atoms with Crippen LogP contribution in [0.3, 0.4) is 0 Å². The molecular formula is C12H20N2O4S. The van der Waals surface area contributed by atoms with Crippen molar-refractivity contribution in [3.05, 3.63) is 0 Å². The average molecular weight is 288 g/mol. The van der Waals surface area contributed by atoms with Gasteiger partial charge in [0.05, 0.1) is 11.5 Å². The number of nitrogens with one attached hydrogen (secondary N) is 1. The lowest BCUT2D eigenvalue weighted by Crippen LogP contribution is -2.70. The zero-order chi connectivity index (χ0) is 14.4. The van der Waals surface area contributed by atoms with Crippen molar-refractivity contribution in [2.45, 2.75) is 51.2 Å². The second-order valence-corrected chi connectivity index (χ2v) is 8.04. The summed E-state index contributed by atoms with van der Waals surface area (Å²) in [6.07, 6.45) is 0.915. The molecule has 19 heavy (non-hydrogen) atoms. The summed E-state index contributed by atoms with van der Waals surface area (Å²) < 4.78 is 23.2. The van der Waals surface area contributed by atoms with Gasteiger partial charge in [-0.25, -0.2) is 8.42 Å². The maximum Gasteiger partial charge on any atom is 0.248 e. The zero-order valence-electron chi connectivity index (χ0n) is 11.5. The average Bonchev–Trinajstić information content (AvgIpc) is 2.62. The minimum atomic E-state index is -3.08. The highest BCUT2D eigenvalue weighted by Crippen LogP contribution is 2.27. The monoisotopic (exact) mass is 288 g/mol. The Morgan fingerprint density at radius 3 is 2.47 bits per heavy atom. The molecule has 2 aliphatic heterocycles. The van der Waals surface area contributed by atoms with Gasteiger partial charge in [0, 0.05) is 6.04 Å². The molecule has 0 aliphatic carbocycles. The Morgan fingerprint density at radius 1 is 1.37 bits per heavy atom. The van der Waals surface area contributed by atoms with Crippen molar-refractivity contribution in [1.82, 2.24) is 10.2 Å². The molecule has 2 heterocycles. The third-order valence-electron chi connectivity index (χ3n) is 3.83. The fourth-order valence-electron chi connectivity index (χ4n) is 2.83. The molecule has 2 fully saturated rings. The predicted molar refractivity (Wildman–Crippen MR) is 70.2 cm³/mol. The van der Waals surface area contributed by atoms with Gasteiger partial charge in [-0.3, -0.25) is 9.59 Å². The van der Waals surface area contributed by atoms with Gasteiger partial charge in [0.2, 0.25) is 11.8 Å². The van der Waals surface area contributed by atoms with E-state index in [1.807, 2.05) is 6.92 Å². The van der Waals surface area contributed by atoms with Gasteiger partial charge in [0.25, 0.3) is 0 Å².